The monoisotopic (exact) mass is 348 g/mol. The minimum Gasteiger partial charge on any atom is -0.343 e. The zero-order valence-corrected chi connectivity index (χ0v) is 15.0. The maximum absolute atomic E-state index is 12.8. The van der Waals surface area contributed by atoms with Gasteiger partial charge in [-0.1, -0.05) is 0 Å². The van der Waals surface area contributed by atoms with Crippen molar-refractivity contribution in [2.75, 3.05) is 45.8 Å². The Morgan fingerprint density at radius 2 is 1.64 bits per heavy atom. The maximum atomic E-state index is 12.8. The summed E-state index contributed by atoms with van der Waals surface area (Å²) < 4.78 is 1.98. The van der Waals surface area contributed by atoms with Gasteiger partial charge in [0.1, 0.15) is 12.7 Å². The number of rotatable bonds is 4. The molecular formula is C17H28N6O2. The van der Waals surface area contributed by atoms with Gasteiger partial charge in [0.2, 0.25) is 11.8 Å². The van der Waals surface area contributed by atoms with E-state index in [4.69, 9.17) is 0 Å². The van der Waals surface area contributed by atoms with Crippen molar-refractivity contribution in [1.29, 1.82) is 0 Å². The van der Waals surface area contributed by atoms with Gasteiger partial charge >= 0.3 is 0 Å². The topological polar surface area (TPSA) is 74.6 Å². The van der Waals surface area contributed by atoms with E-state index in [9.17, 15) is 9.59 Å². The Morgan fingerprint density at radius 1 is 0.920 bits per heavy atom. The first-order chi connectivity index (χ1) is 12.1. The number of piperidine rings is 1. The highest BCUT2D eigenvalue weighted by Crippen LogP contribution is 2.20. The summed E-state index contributed by atoms with van der Waals surface area (Å²) in [7, 11) is 0. The van der Waals surface area contributed by atoms with Crippen LogP contribution in [0.4, 0.5) is 0 Å². The minimum atomic E-state index is 0.0826. The van der Waals surface area contributed by atoms with E-state index in [-0.39, 0.29) is 17.7 Å². The van der Waals surface area contributed by atoms with Crippen molar-refractivity contribution in [2.24, 2.45) is 5.92 Å². The summed E-state index contributed by atoms with van der Waals surface area (Å²) >= 11 is 0. The molecule has 2 fully saturated rings. The summed E-state index contributed by atoms with van der Waals surface area (Å²) in [5.41, 5.74) is 0. The smallest absolute Gasteiger partial charge is 0.225 e. The summed E-state index contributed by atoms with van der Waals surface area (Å²) in [6.07, 6.45) is 6.08. The van der Waals surface area contributed by atoms with E-state index in [2.05, 4.69) is 15.1 Å². The Balaban J connectivity index is 1.44. The highest BCUT2D eigenvalue weighted by atomic mass is 16.2. The third-order valence-electron chi connectivity index (χ3n) is 5.33. The molecule has 2 aliphatic heterocycles. The standard InChI is InChI=1S/C17H28N6O2/c1-15(24)22-7-3-16(4-8-22)17(25)23-6-2-5-20(11-12-23)9-10-21-13-18-19-14-21/h13-14,16H,2-12H2,1H3. The Morgan fingerprint density at radius 3 is 2.32 bits per heavy atom. The molecule has 0 spiro atoms. The summed E-state index contributed by atoms with van der Waals surface area (Å²) in [5, 5.41) is 7.65. The third-order valence-corrected chi connectivity index (χ3v) is 5.33. The van der Waals surface area contributed by atoms with Crippen LogP contribution >= 0.6 is 0 Å². The molecule has 8 nitrogen and oxygen atoms in total. The number of carbonyl (C=O) groups is 2. The van der Waals surface area contributed by atoms with Gasteiger partial charge in [-0.15, -0.1) is 10.2 Å². The van der Waals surface area contributed by atoms with Crippen molar-refractivity contribution in [2.45, 2.75) is 32.7 Å². The van der Waals surface area contributed by atoms with Crippen molar-refractivity contribution in [3.8, 4) is 0 Å². The Labute approximate surface area is 148 Å². The predicted molar refractivity (Wildman–Crippen MR) is 92.6 cm³/mol. The van der Waals surface area contributed by atoms with Gasteiger partial charge in [-0.3, -0.25) is 14.5 Å². The van der Waals surface area contributed by atoms with Crippen LogP contribution in [-0.2, 0) is 16.1 Å². The summed E-state index contributed by atoms with van der Waals surface area (Å²) in [4.78, 5) is 30.5. The number of aromatic nitrogens is 3. The van der Waals surface area contributed by atoms with Crippen LogP contribution in [0.5, 0.6) is 0 Å². The van der Waals surface area contributed by atoms with E-state index in [1.165, 1.54) is 0 Å². The second kappa shape index (κ2) is 8.42. The van der Waals surface area contributed by atoms with E-state index in [1.807, 2.05) is 14.4 Å². The first-order valence-corrected chi connectivity index (χ1v) is 9.22. The van der Waals surface area contributed by atoms with Crippen molar-refractivity contribution < 1.29 is 9.59 Å². The fourth-order valence-corrected chi connectivity index (χ4v) is 3.71. The van der Waals surface area contributed by atoms with Gasteiger partial charge in [-0.05, 0) is 25.8 Å². The molecule has 8 heteroatoms. The van der Waals surface area contributed by atoms with Crippen LogP contribution in [0.1, 0.15) is 26.2 Å². The van der Waals surface area contributed by atoms with Gasteiger partial charge in [-0.25, -0.2) is 0 Å². The number of hydrogen-bond donors (Lipinski definition) is 0. The van der Waals surface area contributed by atoms with E-state index in [0.29, 0.717) is 13.1 Å². The highest BCUT2D eigenvalue weighted by molar-refractivity contribution is 5.79. The van der Waals surface area contributed by atoms with Crippen molar-refractivity contribution in [3.63, 3.8) is 0 Å². The third kappa shape index (κ3) is 4.78. The molecule has 0 aromatic carbocycles. The van der Waals surface area contributed by atoms with Gasteiger partial charge in [0, 0.05) is 58.7 Å². The molecule has 0 atom stereocenters. The van der Waals surface area contributed by atoms with Crippen LogP contribution in [0, 0.1) is 5.92 Å². The minimum absolute atomic E-state index is 0.0826. The molecule has 0 radical (unpaired) electrons. The largest absolute Gasteiger partial charge is 0.343 e. The summed E-state index contributed by atoms with van der Waals surface area (Å²) in [5.74, 6) is 0.479. The van der Waals surface area contributed by atoms with Gasteiger partial charge in [0.25, 0.3) is 0 Å². The lowest BCUT2D eigenvalue weighted by atomic mass is 9.95. The van der Waals surface area contributed by atoms with E-state index >= 15 is 0 Å². The fraction of sp³-hybridized carbons (Fsp3) is 0.765. The molecule has 0 saturated carbocycles. The zero-order chi connectivity index (χ0) is 17.6. The van der Waals surface area contributed by atoms with E-state index < -0.39 is 0 Å². The number of nitrogens with zero attached hydrogens (tertiary/aromatic N) is 6. The predicted octanol–water partition coefficient (Wildman–Crippen LogP) is 0.0709. The molecule has 2 saturated heterocycles. The van der Waals surface area contributed by atoms with Gasteiger partial charge in [0.05, 0.1) is 0 Å². The Bertz CT molecular complexity index is 568. The quantitative estimate of drug-likeness (QED) is 0.770. The molecule has 3 rings (SSSR count). The van der Waals surface area contributed by atoms with Crippen molar-refractivity contribution in [3.05, 3.63) is 12.7 Å². The van der Waals surface area contributed by atoms with Crippen LogP contribution in [-0.4, -0.2) is 87.1 Å². The lowest BCUT2D eigenvalue weighted by Gasteiger charge is -2.33. The molecule has 0 unspecified atom stereocenters. The molecule has 0 bridgehead atoms. The summed E-state index contributed by atoms with van der Waals surface area (Å²) in [6.45, 7) is 8.44. The van der Waals surface area contributed by atoms with Crippen LogP contribution in [0.15, 0.2) is 12.7 Å². The van der Waals surface area contributed by atoms with Crippen molar-refractivity contribution >= 4 is 11.8 Å². The summed E-state index contributed by atoms with van der Waals surface area (Å²) in [6, 6.07) is 0. The molecule has 1 aromatic rings. The lowest BCUT2D eigenvalue weighted by Crippen LogP contribution is -2.44. The first kappa shape index (κ1) is 17.8. The van der Waals surface area contributed by atoms with Gasteiger partial charge in [0.15, 0.2) is 0 Å². The molecule has 1 aromatic heterocycles. The van der Waals surface area contributed by atoms with Crippen LogP contribution in [0.3, 0.4) is 0 Å². The van der Waals surface area contributed by atoms with Gasteiger partial charge in [-0.2, -0.15) is 0 Å². The first-order valence-electron chi connectivity index (χ1n) is 9.22. The SMILES string of the molecule is CC(=O)N1CCC(C(=O)N2CCCN(CCn3cnnc3)CC2)CC1. The Kier molecular flexibility index (Phi) is 6.01. The molecule has 25 heavy (non-hydrogen) atoms. The molecular weight excluding hydrogens is 320 g/mol. The molecule has 2 amide bonds. The normalized spacial score (nSPS) is 20.5. The average Bonchev–Trinajstić information content (AvgIpc) is 3.04. The second-order valence-electron chi connectivity index (χ2n) is 7.00. The number of hydrogen-bond acceptors (Lipinski definition) is 5. The Hall–Kier alpha value is -1.96. The number of amides is 2. The van der Waals surface area contributed by atoms with Crippen LogP contribution in [0.25, 0.3) is 0 Å². The fourth-order valence-electron chi connectivity index (χ4n) is 3.71. The second-order valence-corrected chi connectivity index (χ2v) is 7.00. The van der Waals surface area contributed by atoms with Gasteiger partial charge < -0.3 is 14.4 Å². The highest BCUT2D eigenvalue weighted by Gasteiger charge is 2.30. The lowest BCUT2D eigenvalue weighted by molar-refractivity contribution is -0.140. The molecule has 2 aliphatic rings. The molecule has 138 valence electrons. The molecule has 3 heterocycles. The van der Waals surface area contributed by atoms with Crippen molar-refractivity contribution in [1.82, 2.24) is 29.5 Å². The van der Waals surface area contributed by atoms with E-state index in [0.717, 1.165) is 58.5 Å². The molecule has 0 aliphatic carbocycles. The number of likely N-dealkylation sites (tertiary alicyclic amines) is 1. The van der Waals surface area contributed by atoms with Crippen LogP contribution in [0.2, 0.25) is 0 Å². The average molecular weight is 348 g/mol. The molecule has 0 N–H and O–H groups in total. The zero-order valence-electron chi connectivity index (χ0n) is 15.0. The number of carbonyl (C=O) groups excluding carboxylic acids is 2. The van der Waals surface area contributed by atoms with Crippen LogP contribution < -0.4 is 0 Å². The van der Waals surface area contributed by atoms with E-state index in [1.54, 1.807) is 19.6 Å². The maximum Gasteiger partial charge on any atom is 0.225 e.